The van der Waals surface area contributed by atoms with Crippen LogP contribution in [-0.4, -0.2) is 29.3 Å². The molecule has 2 fully saturated rings. The second-order valence-electron chi connectivity index (χ2n) is 4.64. The second-order valence-corrected chi connectivity index (χ2v) is 4.64. The Balaban J connectivity index is 0.000000980. The fraction of sp³-hybridized carbons (Fsp3) is 0.909. The van der Waals surface area contributed by atoms with E-state index in [9.17, 15) is 4.79 Å². The lowest BCUT2D eigenvalue weighted by Crippen LogP contribution is -2.37. The quantitative estimate of drug-likeness (QED) is 0.681. The van der Waals surface area contributed by atoms with Gasteiger partial charge in [-0.05, 0) is 39.2 Å². The second kappa shape index (κ2) is 3.97. The summed E-state index contributed by atoms with van der Waals surface area (Å²) in [6, 6.07) is 0. The van der Waals surface area contributed by atoms with Gasteiger partial charge in [0, 0.05) is 18.0 Å². The predicted molar refractivity (Wildman–Crippen MR) is 55.1 cm³/mol. The van der Waals surface area contributed by atoms with E-state index in [1.54, 1.807) is 6.92 Å². The molecule has 0 saturated carbocycles. The Bertz CT molecular complexity index is 231. The van der Waals surface area contributed by atoms with Crippen molar-refractivity contribution < 1.29 is 9.50 Å². The summed E-state index contributed by atoms with van der Waals surface area (Å²) in [6.45, 7) is 6.26. The third kappa shape index (κ3) is 1.58. The summed E-state index contributed by atoms with van der Waals surface area (Å²) in [7, 11) is 0. The molecule has 82 valence electrons. The average Bonchev–Trinajstić information content (AvgIpc) is 2.58. The molecule has 2 rings (SSSR count). The summed E-state index contributed by atoms with van der Waals surface area (Å²) >= 11 is 0. The monoisotopic (exact) mass is 201 g/mol. The first kappa shape index (κ1) is 11.6. The molecular weight excluding hydrogens is 181 g/mol. The van der Waals surface area contributed by atoms with Crippen molar-refractivity contribution in [1.29, 1.82) is 0 Å². The van der Waals surface area contributed by atoms with Gasteiger partial charge in [0.1, 0.15) is 5.78 Å². The maximum Gasteiger partial charge on any atom is 0.134 e. The Morgan fingerprint density at radius 1 is 1.57 bits per heavy atom. The summed E-state index contributed by atoms with van der Waals surface area (Å²) in [6.07, 6.45) is 4.99. The molecule has 0 aromatic rings. The molecule has 0 aromatic carbocycles. The number of nitrogens with zero attached hydrogens (tertiary/aromatic N) is 1. The molecular formula is C11H20FNO. The van der Waals surface area contributed by atoms with E-state index in [4.69, 9.17) is 0 Å². The van der Waals surface area contributed by atoms with Crippen LogP contribution in [0.15, 0.2) is 0 Å². The molecule has 0 N–H and O–H groups in total. The number of rotatable bonds is 2. The van der Waals surface area contributed by atoms with E-state index in [1.165, 1.54) is 25.8 Å². The molecule has 2 heterocycles. The predicted octanol–water partition coefficient (Wildman–Crippen LogP) is 1.99. The maximum atomic E-state index is 11.3. The van der Waals surface area contributed by atoms with Gasteiger partial charge in [0.05, 0.1) is 0 Å². The minimum Gasteiger partial charge on any atom is -0.300 e. The highest BCUT2D eigenvalue weighted by Gasteiger charge is 2.47. The Kier molecular flexibility index (Phi) is 3.30. The van der Waals surface area contributed by atoms with Gasteiger partial charge >= 0.3 is 0 Å². The Labute approximate surface area is 85.0 Å². The zero-order chi connectivity index (χ0) is 9.47. The third-order valence-electron chi connectivity index (χ3n) is 4.04. The van der Waals surface area contributed by atoms with E-state index in [-0.39, 0.29) is 4.70 Å². The number of carbonyl (C=O) groups is 1. The molecule has 0 aliphatic carbocycles. The number of carbonyl (C=O) groups excluding carboxylic acids is 1. The van der Waals surface area contributed by atoms with Crippen molar-refractivity contribution in [1.82, 2.24) is 4.90 Å². The third-order valence-corrected chi connectivity index (χ3v) is 4.04. The van der Waals surface area contributed by atoms with Crippen LogP contribution >= 0.6 is 0 Å². The van der Waals surface area contributed by atoms with Gasteiger partial charge < -0.3 is 0 Å². The van der Waals surface area contributed by atoms with E-state index >= 15 is 0 Å². The smallest absolute Gasteiger partial charge is 0.134 e. The molecule has 0 spiro atoms. The van der Waals surface area contributed by atoms with Crippen LogP contribution in [-0.2, 0) is 4.79 Å². The molecule has 2 saturated heterocycles. The zero-order valence-corrected chi connectivity index (χ0v) is 9.08. The minimum absolute atomic E-state index is 0. The highest BCUT2D eigenvalue weighted by Crippen LogP contribution is 2.43. The lowest BCUT2D eigenvalue weighted by atomic mass is 9.86. The number of halogens is 1. The molecule has 3 heteroatoms. The number of ketones is 1. The zero-order valence-electron chi connectivity index (χ0n) is 9.08. The summed E-state index contributed by atoms with van der Waals surface area (Å²) in [5.41, 5.74) is 0.413. The van der Waals surface area contributed by atoms with Crippen LogP contribution in [0.3, 0.4) is 0 Å². The molecule has 2 aliphatic rings. The van der Waals surface area contributed by atoms with Crippen LogP contribution in [0, 0.1) is 5.92 Å². The number of hydrogen-bond donors (Lipinski definition) is 0. The first-order valence-corrected chi connectivity index (χ1v) is 5.43. The van der Waals surface area contributed by atoms with Crippen molar-refractivity contribution in [3.05, 3.63) is 0 Å². The molecule has 0 bridgehead atoms. The van der Waals surface area contributed by atoms with Crippen LogP contribution in [0.25, 0.3) is 0 Å². The molecule has 2 atom stereocenters. The summed E-state index contributed by atoms with van der Waals surface area (Å²) in [5.74, 6) is 0.725. The standard InChI is InChI=1S/C11H19NO.FH/c1-3-11-5-4-6-12(11)8-10(7-11)9(2)13;/h10H,3-8H2,1-2H3;1H/t10?,11-;/m0./s1. The largest absolute Gasteiger partial charge is 0.300 e. The minimum atomic E-state index is 0. The molecule has 2 aliphatic heterocycles. The van der Waals surface area contributed by atoms with Crippen molar-refractivity contribution in [3.8, 4) is 0 Å². The molecule has 0 radical (unpaired) electrons. The van der Waals surface area contributed by atoms with Gasteiger partial charge in [-0.15, -0.1) is 0 Å². The van der Waals surface area contributed by atoms with Gasteiger partial charge in [0.15, 0.2) is 0 Å². The molecule has 2 nitrogen and oxygen atoms in total. The highest BCUT2D eigenvalue weighted by atomic mass is 19.0. The van der Waals surface area contributed by atoms with Gasteiger partial charge in [-0.3, -0.25) is 14.4 Å². The molecule has 14 heavy (non-hydrogen) atoms. The van der Waals surface area contributed by atoms with Crippen LogP contribution in [0.1, 0.15) is 39.5 Å². The Hall–Kier alpha value is -0.440. The normalized spacial score (nSPS) is 36.6. The topological polar surface area (TPSA) is 20.3 Å². The van der Waals surface area contributed by atoms with Gasteiger partial charge in [-0.1, -0.05) is 6.92 Å². The maximum absolute atomic E-state index is 11.3. The average molecular weight is 201 g/mol. The summed E-state index contributed by atoms with van der Waals surface area (Å²) in [4.78, 5) is 13.9. The van der Waals surface area contributed by atoms with E-state index in [1.807, 2.05) is 0 Å². The van der Waals surface area contributed by atoms with Crippen molar-refractivity contribution in [2.45, 2.75) is 45.1 Å². The van der Waals surface area contributed by atoms with Crippen molar-refractivity contribution >= 4 is 5.78 Å². The van der Waals surface area contributed by atoms with Crippen molar-refractivity contribution in [2.24, 2.45) is 5.92 Å². The van der Waals surface area contributed by atoms with Crippen molar-refractivity contribution in [3.63, 3.8) is 0 Å². The van der Waals surface area contributed by atoms with E-state index in [0.29, 0.717) is 17.2 Å². The number of hydrogen-bond acceptors (Lipinski definition) is 2. The van der Waals surface area contributed by atoms with Gasteiger partial charge in [-0.25, -0.2) is 0 Å². The van der Waals surface area contributed by atoms with Crippen LogP contribution in [0.2, 0.25) is 0 Å². The lowest BCUT2D eigenvalue weighted by Gasteiger charge is -2.30. The fourth-order valence-corrected chi connectivity index (χ4v) is 3.12. The SMILES string of the molecule is CC[C@@]12CCCN1CC(C(C)=O)C2.F. The first-order chi connectivity index (χ1) is 6.18. The van der Waals surface area contributed by atoms with Crippen LogP contribution in [0.5, 0.6) is 0 Å². The van der Waals surface area contributed by atoms with Crippen molar-refractivity contribution in [2.75, 3.05) is 13.1 Å². The van der Waals surface area contributed by atoms with Gasteiger partial charge in [-0.2, -0.15) is 0 Å². The van der Waals surface area contributed by atoms with E-state index < -0.39 is 0 Å². The lowest BCUT2D eigenvalue weighted by molar-refractivity contribution is -0.120. The van der Waals surface area contributed by atoms with Crippen LogP contribution in [0.4, 0.5) is 4.70 Å². The van der Waals surface area contributed by atoms with Gasteiger partial charge in [0.2, 0.25) is 0 Å². The molecule has 1 unspecified atom stereocenters. The van der Waals surface area contributed by atoms with E-state index in [2.05, 4.69) is 11.8 Å². The number of fused-ring (bicyclic) bond motifs is 1. The Morgan fingerprint density at radius 3 is 2.79 bits per heavy atom. The van der Waals surface area contributed by atoms with E-state index in [0.717, 1.165) is 13.0 Å². The first-order valence-electron chi connectivity index (χ1n) is 5.43. The fourth-order valence-electron chi connectivity index (χ4n) is 3.12. The summed E-state index contributed by atoms with van der Waals surface area (Å²) in [5, 5.41) is 0. The Morgan fingerprint density at radius 2 is 2.29 bits per heavy atom. The highest BCUT2D eigenvalue weighted by molar-refractivity contribution is 5.79. The van der Waals surface area contributed by atoms with Crippen LogP contribution < -0.4 is 0 Å². The number of Topliss-reactive ketones (excluding diaryl/α,β-unsaturated/α-hetero) is 1. The summed E-state index contributed by atoms with van der Waals surface area (Å²) < 4.78 is 0. The van der Waals surface area contributed by atoms with Gasteiger partial charge in [0.25, 0.3) is 0 Å². The molecule has 0 amide bonds. The molecule has 0 aromatic heterocycles.